The average Bonchev–Trinajstić information content (AvgIpc) is 2.21. The average molecular weight is 319 g/mol. The Hall–Kier alpha value is -0.130. The van der Waals surface area contributed by atoms with Crippen molar-refractivity contribution in [2.45, 2.75) is 31.9 Å². The summed E-state index contributed by atoms with van der Waals surface area (Å²) >= 11 is 2.30. The van der Waals surface area contributed by atoms with Crippen LogP contribution < -0.4 is 5.73 Å². The molecular formula is C12H18INO. The minimum Gasteiger partial charge on any atom is -0.377 e. The summed E-state index contributed by atoms with van der Waals surface area (Å²) in [5.74, 6) is 0. The van der Waals surface area contributed by atoms with Crippen molar-refractivity contribution in [1.82, 2.24) is 0 Å². The number of methoxy groups -OCH3 is 1. The van der Waals surface area contributed by atoms with E-state index in [-0.39, 0.29) is 11.6 Å². The summed E-state index contributed by atoms with van der Waals surface area (Å²) in [5.41, 5.74) is 7.09. The minimum atomic E-state index is -0.275. The molecule has 0 aliphatic rings. The van der Waals surface area contributed by atoms with Gasteiger partial charge in [-0.15, -0.1) is 0 Å². The summed E-state index contributed by atoms with van der Waals surface area (Å²) in [6, 6.07) is 8.45. The van der Waals surface area contributed by atoms with Crippen LogP contribution in [-0.2, 0) is 11.2 Å². The second kappa shape index (κ2) is 5.27. The summed E-state index contributed by atoms with van der Waals surface area (Å²) in [4.78, 5) is 0. The van der Waals surface area contributed by atoms with Crippen molar-refractivity contribution in [2.75, 3.05) is 7.11 Å². The van der Waals surface area contributed by atoms with E-state index < -0.39 is 0 Å². The van der Waals surface area contributed by atoms with E-state index in [1.54, 1.807) is 7.11 Å². The van der Waals surface area contributed by atoms with E-state index in [9.17, 15) is 0 Å². The fraction of sp³-hybridized carbons (Fsp3) is 0.500. The fourth-order valence-electron chi connectivity index (χ4n) is 1.27. The van der Waals surface area contributed by atoms with Gasteiger partial charge in [-0.25, -0.2) is 0 Å². The third-order valence-electron chi connectivity index (χ3n) is 2.79. The summed E-state index contributed by atoms with van der Waals surface area (Å²) < 4.78 is 6.62. The Morgan fingerprint density at radius 3 is 2.33 bits per heavy atom. The van der Waals surface area contributed by atoms with Gasteiger partial charge in [0.1, 0.15) is 0 Å². The highest BCUT2D eigenvalue weighted by Crippen LogP contribution is 2.16. The zero-order chi connectivity index (χ0) is 11.5. The van der Waals surface area contributed by atoms with Gasteiger partial charge in [0, 0.05) is 16.7 Å². The zero-order valence-corrected chi connectivity index (χ0v) is 11.6. The second-order valence-corrected chi connectivity index (χ2v) is 5.49. The van der Waals surface area contributed by atoms with Crippen LogP contribution in [0.1, 0.15) is 19.4 Å². The number of rotatable bonds is 4. The molecule has 3 heteroatoms. The van der Waals surface area contributed by atoms with Gasteiger partial charge in [-0.05, 0) is 60.6 Å². The van der Waals surface area contributed by atoms with Gasteiger partial charge in [-0.1, -0.05) is 12.1 Å². The lowest BCUT2D eigenvalue weighted by molar-refractivity contribution is 0.000805. The van der Waals surface area contributed by atoms with Crippen molar-refractivity contribution in [3.05, 3.63) is 33.4 Å². The first kappa shape index (κ1) is 12.9. The van der Waals surface area contributed by atoms with Crippen LogP contribution in [0.25, 0.3) is 0 Å². The molecule has 2 nitrogen and oxygen atoms in total. The van der Waals surface area contributed by atoms with Gasteiger partial charge in [0.25, 0.3) is 0 Å². The first-order valence-corrected chi connectivity index (χ1v) is 6.09. The fourth-order valence-corrected chi connectivity index (χ4v) is 1.63. The highest BCUT2D eigenvalue weighted by molar-refractivity contribution is 14.1. The Bertz CT molecular complexity index is 308. The number of halogens is 1. The molecule has 0 spiro atoms. The van der Waals surface area contributed by atoms with E-state index in [1.165, 1.54) is 9.13 Å². The van der Waals surface area contributed by atoms with Crippen LogP contribution in [0.3, 0.4) is 0 Å². The summed E-state index contributed by atoms with van der Waals surface area (Å²) in [6.07, 6.45) is 0.845. The zero-order valence-electron chi connectivity index (χ0n) is 9.46. The predicted octanol–water partition coefficient (Wildman–Crippen LogP) is 2.59. The molecule has 0 amide bonds. The van der Waals surface area contributed by atoms with Gasteiger partial charge < -0.3 is 10.5 Å². The van der Waals surface area contributed by atoms with Crippen molar-refractivity contribution in [3.8, 4) is 0 Å². The van der Waals surface area contributed by atoms with Crippen LogP contribution in [0.4, 0.5) is 0 Å². The van der Waals surface area contributed by atoms with E-state index in [4.69, 9.17) is 10.5 Å². The van der Waals surface area contributed by atoms with Crippen molar-refractivity contribution in [2.24, 2.45) is 5.73 Å². The third kappa shape index (κ3) is 3.74. The normalized spacial score (nSPS) is 13.9. The molecule has 2 N–H and O–H groups in total. The summed E-state index contributed by atoms with van der Waals surface area (Å²) in [6.45, 7) is 4.04. The number of hydrogen-bond acceptors (Lipinski definition) is 2. The van der Waals surface area contributed by atoms with Crippen LogP contribution in [0.15, 0.2) is 24.3 Å². The molecule has 0 saturated heterocycles. The Labute approximate surface area is 105 Å². The molecule has 0 aromatic heterocycles. The maximum absolute atomic E-state index is 6.11. The number of ether oxygens (including phenoxy) is 1. The van der Waals surface area contributed by atoms with Gasteiger partial charge in [0.15, 0.2) is 0 Å². The second-order valence-electron chi connectivity index (χ2n) is 4.24. The van der Waals surface area contributed by atoms with Crippen molar-refractivity contribution in [1.29, 1.82) is 0 Å². The van der Waals surface area contributed by atoms with Gasteiger partial charge in [0.2, 0.25) is 0 Å². The predicted molar refractivity (Wildman–Crippen MR) is 71.9 cm³/mol. The van der Waals surface area contributed by atoms with Crippen LogP contribution in [-0.4, -0.2) is 18.8 Å². The minimum absolute atomic E-state index is 0.0163. The number of nitrogens with two attached hydrogens (primary N) is 1. The first-order valence-electron chi connectivity index (χ1n) is 5.01. The lowest BCUT2D eigenvalue weighted by Crippen LogP contribution is -2.46. The molecule has 15 heavy (non-hydrogen) atoms. The van der Waals surface area contributed by atoms with E-state index >= 15 is 0 Å². The van der Waals surface area contributed by atoms with E-state index in [2.05, 4.69) is 46.9 Å². The number of hydrogen-bond donors (Lipinski definition) is 1. The topological polar surface area (TPSA) is 35.2 Å². The molecule has 1 rings (SSSR count). The quantitative estimate of drug-likeness (QED) is 0.866. The molecule has 0 heterocycles. The number of benzene rings is 1. The van der Waals surface area contributed by atoms with Crippen molar-refractivity contribution >= 4 is 22.6 Å². The Balaban J connectivity index is 2.66. The smallest absolute Gasteiger partial charge is 0.0776 e. The monoisotopic (exact) mass is 319 g/mol. The van der Waals surface area contributed by atoms with Crippen LogP contribution in [0.5, 0.6) is 0 Å². The molecule has 0 aliphatic heterocycles. The van der Waals surface area contributed by atoms with E-state index in [1.807, 2.05) is 13.8 Å². The Morgan fingerprint density at radius 1 is 1.33 bits per heavy atom. The molecule has 1 aromatic rings. The molecule has 0 radical (unpaired) electrons. The van der Waals surface area contributed by atoms with Crippen molar-refractivity contribution in [3.63, 3.8) is 0 Å². The molecular weight excluding hydrogens is 301 g/mol. The van der Waals surface area contributed by atoms with E-state index in [0.29, 0.717) is 0 Å². The lowest BCUT2D eigenvalue weighted by Gasteiger charge is -2.30. The van der Waals surface area contributed by atoms with Gasteiger partial charge >= 0.3 is 0 Å². The maximum atomic E-state index is 6.11. The molecule has 0 aliphatic carbocycles. The summed E-state index contributed by atoms with van der Waals surface area (Å²) in [7, 11) is 1.70. The SMILES string of the molecule is COC(C)(C)C(N)Cc1ccc(I)cc1. The van der Waals surface area contributed by atoms with Crippen LogP contribution in [0.2, 0.25) is 0 Å². The van der Waals surface area contributed by atoms with Crippen LogP contribution in [0, 0.1) is 3.57 Å². The van der Waals surface area contributed by atoms with Crippen molar-refractivity contribution < 1.29 is 4.74 Å². The maximum Gasteiger partial charge on any atom is 0.0776 e. The largest absolute Gasteiger partial charge is 0.377 e. The molecule has 1 unspecified atom stereocenters. The van der Waals surface area contributed by atoms with Gasteiger partial charge in [0.05, 0.1) is 5.60 Å². The van der Waals surface area contributed by atoms with E-state index in [0.717, 1.165) is 6.42 Å². The molecule has 0 bridgehead atoms. The summed E-state index contributed by atoms with van der Waals surface area (Å²) in [5, 5.41) is 0. The lowest BCUT2D eigenvalue weighted by atomic mass is 9.93. The first-order chi connectivity index (χ1) is 6.95. The van der Waals surface area contributed by atoms with Gasteiger partial charge in [-0.2, -0.15) is 0 Å². The third-order valence-corrected chi connectivity index (χ3v) is 3.51. The Morgan fingerprint density at radius 2 is 1.87 bits per heavy atom. The molecule has 0 saturated carbocycles. The van der Waals surface area contributed by atoms with Gasteiger partial charge in [-0.3, -0.25) is 0 Å². The highest BCUT2D eigenvalue weighted by Gasteiger charge is 2.25. The standard InChI is InChI=1S/C12H18INO/c1-12(2,15-3)11(14)8-9-4-6-10(13)7-5-9/h4-7,11H,8,14H2,1-3H3. The molecule has 0 fully saturated rings. The highest BCUT2D eigenvalue weighted by atomic mass is 127. The molecule has 84 valence electrons. The molecule has 1 atom stereocenters. The van der Waals surface area contributed by atoms with Crippen LogP contribution >= 0.6 is 22.6 Å². The Kier molecular flexibility index (Phi) is 4.55. The molecule has 1 aromatic carbocycles.